The van der Waals surface area contributed by atoms with Crippen LogP contribution in [-0.4, -0.2) is 76.6 Å². The lowest BCUT2D eigenvalue weighted by Crippen LogP contribution is -2.45. The summed E-state index contributed by atoms with van der Waals surface area (Å²) in [5.74, 6) is 0.543. The minimum atomic E-state index is -4.09. The number of amides is 3. The molecule has 4 bridgehead atoms. The van der Waals surface area contributed by atoms with Crippen LogP contribution >= 0.6 is 0 Å². The number of nitrogens with two attached hydrogens (primary N) is 1. The summed E-state index contributed by atoms with van der Waals surface area (Å²) in [4.78, 5) is 41.2. The lowest BCUT2D eigenvalue weighted by Gasteiger charge is -2.21. The number of sulfonamides is 1. The van der Waals surface area contributed by atoms with Crippen molar-refractivity contribution in [2.45, 2.75) is 36.4 Å². The van der Waals surface area contributed by atoms with E-state index in [2.05, 4.69) is 10.6 Å². The molecule has 1 aliphatic carbocycles. The van der Waals surface area contributed by atoms with Crippen molar-refractivity contribution in [2.75, 3.05) is 33.4 Å². The average molecular weight is 651 g/mol. The molecule has 46 heavy (non-hydrogen) atoms. The first-order valence-electron chi connectivity index (χ1n) is 14.8. The lowest BCUT2D eigenvalue weighted by atomic mass is 10.1. The molecule has 1 saturated heterocycles. The minimum absolute atomic E-state index is 0.00270. The summed E-state index contributed by atoms with van der Waals surface area (Å²) < 4.78 is 47.4. The van der Waals surface area contributed by atoms with Crippen LogP contribution in [0.25, 0.3) is 0 Å². The molecule has 14 heteroatoms. The molecule has 2 fully saturated rings. The van der Waals surface area contributed by atoms with Gasteiger partial charge in [0.25, 0.3) is 17.7 Å². The van der Waals surface area contributed by atoms with Gasteiger partial charge in [-0.05, 0) is 66.8 Å². The van der Waals surface area contributed by atoms with Gasteiger partial charge in [0.05, 0.1) is 36.8 Å². The molecule has 4 N–H and O–H groups in total. The van der Waals surface area contributed by atoms with Gasteiger partial charge in [-0.2, -0.15) is 0 Å². The Labute approximate surface area is 266 Å². The van der Waals surface area contributed by atoms with Gasteiger partial charge >= 0.3 is 0 Å². The number of likely N-dealkylation sites (tertiary alicyclic amines) is 1. The van der Waals surface area contributed by atoms with E-state index in [0.717, 1.165) is 18.4 Å². The molecular formula is C32H34N4O9S. The molecule has 1 saturated carbocycles. The average Bonchev–Trinajstić information content (AvgIpc) is 3.80. The van der Waals surface area contributed by atoms with E-state index in [1.165, 1.54) is 36.3 Å². The van der Waals surface area contributed by atoms with E-state index in [0.29, 0.717) is 29.8 Å². The quantitative estimate of drug-likeness (QED) is 0.360. The van der Waals surface area contributed by atoms with Crippen LogP contribution < -0.4 is 34.7 Å². The second kappa shape index (κ2) is 12.9. The van der Waals surface area contributed by atoms with Crippen molar-refractivity contribution < 1.29 is 41.7 Å². The summed E-state index contributed by atoms with van der Waals surface area (Å²) in [5, 5.41) is 11.1. The van der Waals surface area contributed by atoms with E-state index in [4.69, 9.17) is 24.1 Å². The number of carbonyl (C=O) groups is 3. The second-order valence-corrected chi connectivity index (χ2v) is 13.1. The molecule has 3 aliphatic heterocycles. The molecule has 0 spiro atoms. The van der Waals surface area contributed by atoms with Crippen molar-refractivity contribution in [1.29, 1.82) is 0 Å². The predicted octanol–water partition coefficient (Wildman–Crippen LogP) is 1.84. The number of carbonyl (C=O) groups excluding carboxylic acids is 3. The first-order valence-corrected chi connectivity index (χ1v) is 16.3. The number of ether oxygens (including phenoxy) is 4. The predicted molar refractivity (Wildman–Crippen MR) is 164 cm³/mol. The van der Waals surface area contributed by atoms with Gasteiger partial charge in [0, 0.05) is 24.7 Å². The number of fused-ring (bicyclic) bond motifs is 7. The number of rotatable bonds is 6. The third kappa shape index (κ3) is 7.35. The van der Waals surface area contributed by atoms with Crippen molar-refractivity contribution >= 4 is 27.7 Å². The van der Waals surface area contributed by atoms with Gasteiger partial charge in [-0.1, -0.05) is 12.1 Å². The Morgan fingerprint density at radius 3 is 2.52 bits per heavy atom. The summed E-state index contributed by atoms with van der Waals surface area (Å²) in [7, 11) is -2.72. The van der Waals surface area contributed by atoms with Crippen LogP contribution in [0.5, 0.6) is 23.0 Å². The van der Waals surface area contributed by atoms with Crippen LogP contribution in [0.3, 0.4) is 0 Å². The van der Waals surface area contributed by atoms with Gasteiger partial charge in [0.15, 0.2) is 6.61 Å². The topological polar surface area (TPSA) is 176 Å². The maximum absolute atomic E-state index is 13.8. The summed E-state index contributed by atoms with van der Waals surface area (Å²) in [6.45, 7) is 0.644. The van der Waals surface area contributed by atoms with Crippen LogP contribution in [0, 0.1) is 5.92 Å². The van der Waals surface area contributed by atoms with Crippen molar-refractivity contribution in [3.05, 3.63) is 77.4 Å². The standard InChI is InChI=1S/C32H34N4O9S/c1-42-28-9-8-25(46(33,40)41)13-26(28)32(39)36-15-27-29(16-36)45-22-6-4-19(5-7-22)14-34-30(37)18-44-24-11-21(31(38)35-27)10-23(12-24)43-17-20-2-3-20/h4-13,20,27,29H,2-3,14-18H2,1H3,(H,34,37)(H,35,38)(H2,33,40,41)/t27-,29-/m0/s1. The number of primary sulfonamides is 1. The Balaban J connectivity index is 1.31. The van der Waals surface area contributed by atoms with Gasteiger partial charge in [0.1, 0.15) is 29.1 Å². The number of nitrogens with one attached hydrogen (secondary N) is 2. The van der Waals surface area contributed by atoms with Gasteiger partial charge in [-0.3, -0.25) is 14.4 Å². The Bertz CT molecular complexity index is 1760. The monoisotopic (exact) mass is 650 g/mol. The highest BCUT2D eigenvalue weighted by atomic mass is 32.2. The fourth-order valence-corrected chi connectivity index (χ4v) is 5.82. The number of nitrogens with zero attached hydrogens (tertiary/aromatic N) is 1. The Morgan fingerprint density at radius 1 is 1.02 bits per heavy atom. The van der Waals surface area contributed by atoms with Crippen molar-refractivity contribution in [1.82, 2.24) is 15.5 Å². The van der Waals surface area contributed by atoms with E-state index >= 15 is 0 Å². The lowest BCUT2D eigenvalue weighted by molar-refractivity contribution is -0.123. The Hall–Kier alpha value is -4.82. The fraction of sp³-hybridized carbons (Fsp3) is 0.344. The molecule has 0 unspecified atom stereocenters. The molecule has 13 nitrogen and oxygen atoms in total. The van der Waals surface area contributed by atoms with Crippen molar-refractivity contribution in [2.24, 2.45) is 11.1 Å². The van der Waals surface area contributed by atoms with E-state index in [9.17, 15) is 22.8 Å². The molecule has 0 aromatic heterocycles. The molecular weight excluding hydrogens is 616 g/mol. The highest BCUT2D eigenvalue weighted by Crippen LogP contribution is 2.31. The summed E-state index contributed by atoms with van der Waals surface area (Å²) in [6.07, 6.45) is 1.50. The highest BCUT2D eigenvalue weighted by Gasteiger charge is 2.39. The van der Waals surface area contributed by atoms with Crippen LogP contribution in [0.4, 0.5) is 0 Å². The van der Waals surface area contributed by atoms with E-state index in [-0.39, 0.29) is 53.9 Å². The third-order valence-electron chi connectivity index (χ3n) is 8.00. The number of benzene rings is 3. The van der Waals surface area contributed by atoms with Crippen LogP contribution in [-0.2, 0) is 21.4 Å². The van der Waals surface area contributed by atoms with E-state index in [1.807, 2.05) is 0 Å². The zero-order valence-electron chi connectivity index (χ0n) is 25.1. The normalized spacial score (nSPS) is 20.0. The van der Waals surface area contributed by atoms with Crippen LogP contribution in [0.15, 0.2) is 65.6 Å². The fourth-order valence-electron chi connectivity index (χ4n) is 5.28. The Morgan fingerprint density at radius 2 is 1.80 bits per heavy atom. The molecule has 0 radical (unpaired) electrons. The van der Waals surface area contributed by atoms with Gasteiger partial charge < -0.3 is 34.5 Å². The number of hydrogen-bond acceptors (Lipinski definition) is 9. The van der Waals surface area contributed by atoms with E-state index < -0.39 is 34.0 Å². The number of methoxy groups -OCH3 is 1. The van der Waals surface area contributed by atoms with E-state index in [1.54, 1.807) is 36.4 Å². The SMILES string of the molecule is COc1ccc(S(N)(=O)=O)cc1C(=O)N1C[C@@H]2NC(=O)c3cc(cc(OCC4CC4)c3)OCC(=O)NCc3ccc(cc3)O[C@H]2C1. The smallest absolute Gasteiger partial charge is 0.258 e. The zero-order chi connectivity index (χ0) is 32.4. The van der Waals surface area contributed by atoms with Gasteiger partial charge in [0.2, 0.25) is 10.0 Å². The largest absolute Gasteiger partial charge is 0.496 e. The second-order valence-electron chi connectivity index (χ2n) is 11.5. The molecule has 3 aromatic carbocycles. The van der Waals surface area contributed by atoms with Gasteiger partial charge in [-0.15, -0.1) is 0 Å². The molecule has 3 amide bonds. The van der Waals surface area contributed by atoms with Crippen LogP contribution in [0.2, 0.25) is 0 Å². The summed E-state index contributed by atoms with van der Waals surface area (Å²) in [5.41, 5.74) is 1.07. The zero-order valence-corrected chi connectivity index (χ0v) is 25.9. The first kappa shape index (κ1) is 31.2. The molecule has 242 valence electrons. The van der Waals surface area contributed by atoms with Crippen molar-refractivity contribution in [3.8, 4) is 23.0 Å². The van der Waals surface area contributed by atoms with Crippen LogP contribution in [0.1, 0.15) is 39.1 Å². The van der Waals surface area contributed by atoms with Crippen molar-refractivity contribution in [3.63, 3.8) is 0 Å². The first-order chi connectivity index (χ1) is 22.1. The molecule has 7 rings (SSSR count). The summed E-state index contributed by atoms with van der Waals surface area (Å²) >= 11 is 0. The number of hydrogen-bond donors (Lipinski definition) is 3. The Kier molecular flexibility index (Phi) is 8.73. The molecule has 4 aliphatic rings. The highest BCUT2D eigenvalue weighted by molar-refractivity contribution is 7.89. The minimum Gasteiger partial charge on any atom is -0.496 e. The summed E-state index contributed by atoms with van der Waals surface area (Å²) in [6, 6.07) is 15.0. The molecule has 2 atom stereocenters. The molecule has 3 aromatic rings. The van der Waals surface area contributed by atoms with Gasteiger partial charge in [-0.25, -0.2) is 13.6 Å². The third-order valence-corrected chi connectivity index (χ3v) is 8.91. The maximum Gasteiger partial charge on any atom is 0.258 e. The maximum atomic E-state index is 13.8. The molecule has 3 heterocycles.